The van der Waals surface area contributed by atoms with E-state index in [0.717, 1.165) is 17.3 Å². The quantitative estimate of drug-likeness (QED) is 0.782. The molecule has 0 bridgehead atoms. The third kappa shape index (κ3) is 2.58. The van der Waals surface area contributed by atoms with Crippen molar-refractivity contribution in [1.29, 1.82) is 0 Å². The maximum atomic E-state index is 12.0. The van der Waals surface area contributed by atoms with Crippen molar-refractivity contribution >= 4 is 17.5 Å². The van der Waals surface area contributed by atoms with E-state index in [1.54, 1.807) is 0 Å². The molecule has 2 rings (SSSR count). The minimum atomic E-state index is 0.0359. The topological polar surface area (TPSA) is 42.9 Å². The van der Waals surface area contributed by atoms with Crippen LogP contribution < -0.4 is 0 Å². The first-order valence-corrected chi connectivity index (χ1v) is 6.18. The SMILES string of the molecule is Cc1cc(C)c(CC(=O)c2cnsn2)c(C)c1. The third-order valence-corrected chi connectivity index (χ3v) is 3.30. The summed E-state index contributed by atoms with van der Waals surface area (Å²) in [5, 5.41) is 0. The van der Waals surface area contributed by atoms with Gasteiger partial charge in [-0.25, -0.2) is 0 Å². The van der Waals surface area contributed by atoms with Gasteiger partial charge in [0.2, 0.25) is 0 Å². The minimum absolute atomic E-state index is 0.0359. The van der Waals surface area contributed by atoms with Crippen molar-refractivity contribution in [3.05, 3.63) is 46.3 Å². The first-order valence-electron chi connectivity index (χ1n) is 5.45. The number of nitrogens with zero attached hydrogens (tertiary/aromatic N) is 2. The fraction of sp³-hybridized carbons (Fsp3) is 0.308. The minimum Gasteiger partial charge on any atom is -0.292 e. The monoisotopic (exact) mass is 246 g/mol. The summed E-state index contributed by atoms with van der Waals surface area (Å²) in [4.78, 5) is 12.0. The second kappa shape index (κ2) is 4.75. The molecule has 0 atom stereocenters. The van der Waals surface area contributed by atoms with Gasteiger partial charge in [-0.15, -0.1) is 0 Å². The fourth-order valence-corrected chi connectivity index (χ4v) is 2.46. The molecule has 2 aromatic rings. The summed E-state index contributed by atoms with van der Waals surface area (Å²) >= 11 is 1.07. The van der Waals surface area contributed by atoms with Crippen LogP contribution in [-0.2, 0) is 6.42 Å². The molecule has 0 N–H and O–H groups in total. The highest BCUT2D eigenvalue weighted by Crippen LogP contribution is 2.18. The molecule has 3 nitrogen and oxygen atoms in total. The van der Waals surface area contributed by atoms with Crippen molar-refractivity contribution in [2.24, 2.45) is 0 Å². The Labute approximate surface area is 105 Å². The first kappa shape index (κ1) is 11.9. The zero-order chi connectivity index (χ0) is 12.4. The number of aryl methyl sites for hydroxylation is 3. The van der Waals surface area contributed by atoms with Crippen LogP contribution in [-0.4, -0.2) is 14.5 Å². The number of carbonyl (C=O) groups is 1. The van der Waals surface area contributed by atoms with Crippen LogP contribution in [0.5, 0.6) is 0 Å². The van der Waals surface area contributed by atoms with E-state index in [1.807, 2.05) is 13.8 Å². The molecule has 4 heteroatoms. The number of carbonyl (C=O) groups excluding carboxylic acids is 1. The van der Waals surface area contributed by atoms with Crippen molar-refractivity contribution in [2.75, 3.05) is 0 Å². The summed E-state index contributed by atoms with van der Waals surface area (Å²) in [6.07, 6.45) is 1.94. The number of benzene rings is 1. The second-order valence-corrected chi connectivity index (χ2v) is 4.83. The molecule has 1 aromatic carbocycles. The lowest BCUT2D eigenvalue weighted by atomic mass is 9.95. The zero-order valence-electron chi connectivity index (χ0n) is 10.2. The van der Waals surface area contributed by atoms with Gasteiger partial charge < -0.3 is 0 Å². The van der Waals surface area contributed by atoms with Gasteiger partial charge >= 0.3 is 0 Å². The Hall–Kier alpha value is -1.55. The maximum Gasteiger partial charge on any atom is 0.188 e. The average Bonchev–Trinajstić information content (AvgIpc) is 2.76. The van der Waals surface area contributed by atoms with Crippen LogP contribution in [0.4, 0.5) is 0 Å². The molecule has 0 saturated carbocycles. The van der Waals surface area contributed by atoms with Gasteiger partial charge in [-0.3, -0.25) is 4.79 Å². The molecule has 0 aliphatic rings. The molecule has 1 heterocycles. The number of rotatable bonds is 3. The van der Waals surface area contributed by atoms with Gasteiger partial charge in [0.25, 0.3) is 0 Å². The van der Waals surface area contributed by atoms with Gasteiger partial charge in [0.05, 0.1) is 17.9 Å². The largest absolute Gasteiger partial charge is 0.292 e. The number of Topliss-reactive ketones (excluding diaryl/α,β-unsaturated/α-hetero) is 1. The molecule has 88 valence electrons. The van der Waals surface area contributed by atoms with Crippen LogP contribution >= 0.6 is 11.7 Å². The van der Waals surface area contributed by atoms with Crippen molar-refractivity contribution < 1.29 is 4.79 Å². The zero-order valence-corrected chi connectivity index (χ0v) is 11.0. The van der Waals surface area contributed by atoms with Crippen LogP contribution in [0.2, 0.25) is 0 Å². The van der Waals surface area contributed by atoms with Gasteiger partial charge in [-0.2, -0.15) is 8.75 Å². The van der Waals surface area contributed by atoms with Crippen molar-refractivity contribution in [3.63, 3.8) is 0 Å². The third-order valence-electron chi connectivity index (χ3n) is 2.82. The van der Waals surface area contributed by atoms with Gasteiger partial charge in [0.15, 0.2) is 5.78 Å². The van der Waals surface area contributed by atoms with E-state index >= 15 is 0 Å². The summed E-state index contributed by atoms with van der Waals surface area (Å²) in [5.41, 5.74) is 5.13. The van der Waals surface area contributed by atoms with E-state index in [0.29, 0.717) is 12.1 Å². The Morgan fingerprint density at radius 1 is 1.24 bits per heavy atom. The molecule has 0 aliphatic heterocycles. The summed E-state index contributed by atoms with van der Waals surface area (Å²) in [6, 6.07) is 4.21. The lowest BCUT2D eigenvalue weighted by molar-refractivity contribution is 0.0988. The van der Waals surface area contributed by atoms with E-state index in [9.17, 15) is 4.79 Å². The van der Waals surface area contributed by atoms with Crippen molar-refractivity contribution in [3.8, 4) is 0 Å². The van der Waals surface area contributed by atoms with E-state index in [-0.39, 0.29) is 5.78 Å². The van der Waals surface area contributed by atoms with Crippen LogP contribution in [0.15, 0.2) is 18.3 Å². The molecule has 0 spiro atoms. The van der Waals surface area contributed by atoms with Crippen LogP contribution in [0.3, 0.4) is 0 Å². The highest BCUT2D eigenvalue weighted by atomic mass is 32.1. The van der Waals surface area contributed by atoms with Gasteiger partial charge in [-0.1, -0.05) is 17.7 Å². The number of ketones is 1. The Morgan fingerprint density at radius 3 is 2.41 bits per heavy atom. The number of hydrogen-bond donors (Lipinski definition) is 0. The lowest BCUT2D eigenvalue weighted by Gasteiger charge is -2.09. The Balaban J connectivity index is 2.28. The lowest BCUT2D eigenvalue weighted by Crippen LogP contribution is -2.07. The molecular weight excluding hydrogens is 232 g/mol. The number of aromatic nitrogens is 2. The Bertz CT molecular complexity index is 524. The summed E-state index contributed by atoms with van der Waals surface area (Å²) in [6.45, 7) is 6.15. The first-order chi connectivity index (χ1) is 8.08. The molecule has 0 amide bonds. The number of hydrogen-bond acceptors (Lipinski definition) is 4. The van der Waals surface area contributed by atoms with Crippen LogP contribution in [0, 0.1) is 20.8 Å². The predicted octanol–water partition coefficient (Wildman–Crippen LogP) is 2.89. The summed E-state index contributed by atoms with van der Waals surface area (Å²) < 4.78 is 7.82. The molecule has 0 radical (unpaired) electrons. The van der Waals surface area contributed by atoms with Gasteiger partial charge in [0.1, 0.15) is 5.69 Å². The average molecular weight is 246 g/mol. The van der Waals surface area contributed by atoms with Crippen LogP contribution in [0.25, 0.3) is 0 Å². The Morgan fingerprint density at radius 2 is 1.88 bits per heavy atom. The molecule has 17 heavy (non-hydrogen) atoms. The van der Waals surface area contributed by atoms with E-state index in [4.69, 9.17) is 0 Å². The normalized spacial score (nSPS) is 10.5. The maximum absolute atomic E-state index is 12.0. The highest BCUT2D eigenvalue weighted by Gasteiger charge is 2.13. The molecule has 1 aromatic heterocycles. The standard InChI is InChI=1S/C13H14N2OS/c1-8-4-9(2)11(10(3)5-8)6-13(16)12-7-14-17-15-12/h4-5,7H,6H2,1-3H3. The second-order valence-electron chi connectivity index (χ2n) is 4.27. The summed E-state index contributed by atoms with van der Waals surface area (Å²) in [5.74, 6) is 0.0359. The Kier molecular flexibility index (Phi) is 3.33. The van der Waals surface area contributed by atoms with Gasteiger partial charge in [0, 0.05) is 6.42 Å². The summed E-state index contributed by atoms with van der Waals surface area (Å²) in [7, 11) is 0. The molecule has 0 aliphatic carbocycles. The molecule has 0 fully saturated rings. The molecule has 0 unspecified atom stereocenters. The van der Waals surface area contributed by atoms with E-state index in [1.165, 1.54) is 22.9 Å². The van der Waals surface area contributed by atoms with E-state index in [2.05, 4.69) is 27.8 Å². The molecule has 0 saturated heterocycles. The molecular formula is C13H14N2OS. The predicted molar refractivity (Wildman–Crippen MR) is 68.6 cm³/mol. The van der Waals surface area contributed by atoms with Gasteiger partial charge in [-0.05, 0) is 37.5 Å². The van der Waals surface area contributed by atoms with Crippen molar-refractivity contribution in [2.45, 2.75) is 27.2 Å². The smallest absolute Gasteiger partial charge is 0.188 e. The fourth-order valence-electron chi connectivity index (χ4n) is 2.03. The van der Waals surface area contributed by atoms with Crippen molar-refractivity contribution in [1.82, 2.24) is 8.75 Å². The van der Waals surface area contributed by atoms with Crippen LogP contribution in [0.1, 0.15) is 32.7 Å². The van der Waals surface area contributed by atoms with E-state index < -0.39 is 0 Å². The highest BCUT2D eigenvalue weighted by molar-refractivity contribution is 6.99.